The lowest BCUT2D eigenvalue weighted by molar-refractivity contribution is 0.0523. The highest BCUT2D eigenvalue weighted by atomic mass is 16.6. The molecular formula is C17H29N3O3. The molecular weight excluding hydrogens is 294 g/mol. The largest absolute Gasteiger partial charge is 0.444 e. The van der Waals surface area contributed by atoms with Crippen molar-refractivity contribution in [1.82, 2.24) is 5.32 Å². The molecule has 1 rings (SSSR count). The Labute approximate surface area is 138 Å². The molecule has 0 aliphatic carbocycles. The van der Waals surface area contributed by atoms with E-state index in [1.807, 2.05) is 26.8 Å². The van der Waals surface area contributed by atoms with Gasteiger partial charge >= 0.3 is 6.09 Å². The second-order valence-corrected chi connectivity index (χ2v) is 7.14. The highest BCUT2D eigenvalue weighted by Crippen LogP contribution is 2.08. The number of carbonyl (C=O) groups is 1. The number of ether oxygens (including phenoxy) is 1. The number of benzene rings is 1. The summed E-state index contributed by atoms with van der Waals surface area (Å²) in [7, 11) is 0. The average Bonchev–Trinajstić information content (AvgIpc) is 2.32. The molecule has 1 aromatic carbocycles. The minimum atomic E-state index is -0.509. The highest BCUT2D eigenvalue weighted by Gasteiger charge is 2.15. The molecule has 0 saturated carbocycles. The van der Waals surface area contributed by atoms with Gasteiger partial charge in [0.25, 0.3) is 0 Å². The molecule has 0 spiro atoms. The van der Waals surface area contributed by atoms with Gasteiger partial charge < -0.3 is 20.9 Å². The highest BCUT2D eigenvalue weighted by molar-refractivity contribution is 5.95. The summed E-state index contributed by atoms with van der Waals surface area (Å²) in [5.41, 5.74) is 5.89. The lowest BCUT2D eigenvalue weighted by Gasteiger charge is -2.19. The number of hydrogen-bond donors (Lipinski definition) is 4. The van der Waals surface area contributed by atoms with Crippen LogP contribution in [0.25, 0.3) is 0 Å². The van der Waals surface area contributed by atoms with Gasteiger partial charge in [-0.1, -0.05) is 18.2 Å². The lowest BCUT2D eigenvalue weighted by atomic mass is 10.1. The summed E-state index contributed by atoms with van der Waals surface area (Å²) < 4.78 is 5.12. The maximum Gasteiger partial charge on any atom is 0.407 e. The second kappa shape index (κ2) is 8.53. The first kappa shape index (κ1) is 20.9. The molecule has 6 heteroatoms. The summed E-state index contributed by atoms with van der Waals surface area (Å²) in [4.78, 5) is 11.5. The van der Waals surface area contributed by atoms with Gasteiger partial charge in [0, 0.05) is 12.1 Å². The van der Waals surface area contributed by atoms with Crippen LogP contribution in [0.1, 0.15) is 52.7 Å². The van der Waals surface area contributed by atoms with Crippen LogP contribution in [0.15, 0.2) is 24.3 Å². The van der Waals surface area contributed by atoms with Crippen LogP contribution < -0.4 is 11.1 Å². The van der Waals surface area contributed by atoms with Gasteiger partial charge in [-0.15, -0.1) is 0 Å². The van der Waals surface area contributed by atoms with E-state index in [1.165, 1.54) is 0 Å². The van der Waals surface area contributed by atoms with Crippen molar-refractivity contribution in [1.29, 1.82) is 5.41 Å². The fourth-order valence-electron chi connectivity index (χ4n) is 1.34. The van der Waals surface area contributed by atoms with Crippen LogP contribution in [-0.4, -0.2) is 28.2 Å². The molecule has 0 unspecified atom stereocenters. The number of alkyl carbamates (subject to hydrolysis) is 1. The summed E-state index contributed by atoms with van der Waals surface area (Å²) in [6.07, 6.45) is -0.462. The molecule has 0 fully saturated rings. The van der Waals surface area contributed by atoms with Crippen LogP contribution in [0.3, 0.4) is 0 Å². The van der Waals surface area contributed by atoms with Crippen molar-refractivity contribution in [3.63, 3.8) is 0 Å². The molecule has 0 saturated heterocycles. The van der Waals surface area contributed by atoms with Crippen molar-refractivity contribution < 1.29 is 14.6 Å². The number of rotatable bonds is 3. The van der Waals surface area contributed by atoms with Crippen LogP contribution >= 0.6 is 0 Å². The Kier molecular flexibility index (Phi) is 7.75. The van der Waals surface area contributed by atoms with Gasteiger partial charge in [-0.3, -0.25) is 5.41 Å². The molecule has 0 aromatic heterocycles. The second-order valence-electron chi connectivity index (χ2n) is 7.14. The Hall–Kier alpha value is -2.08. The monoisotopic (exact) mass is 323 g/mol. The van der Waals surface area contributed by atoms with E-state index in [0.717, 1.165) is 5.56 Å². The molecule has 1 aromatic rings. The Bertz CT molecular complexity index is 523. The number of nitrogen functional groups attached to an aromatic ring is 1. The van der Waals surface area contributed by atoms with Crippen LogP contribution in [0, 0.1) is 5.41 Å². The fraction of sp³-hybridized carbons (Fsp3) is 0.529. The molecule has 130 valence electrons. The molecule has 5 N–H and O–H groups in total. The zero-order valence-electron chi connectivity index (χ0n) is 14.9. The zero-order chi connectivity index (χ0) is 18.3. The predicted octanol–water partition coefficient (Wildman–Crippen LogP) is 2.77. The van der Waals surface area contributed by atoms with E-state index in [1.54, 1.807) is 39.0 Å². The van der Waals surface area contributed by atoms with Crippen molar-refractivity contribution in [3.05, 3.63) is 35.4 Å². The smallest absolute Gasteiger partial charge is 0.407 e. The normalized spacial score (nSPS) is 11.1. The van der Waals surface area contributed by atoms with Crippen LogP contribution in [0.4, 0.5) is 4.79 Å². The summed E-state index contributed by atoms with van der Waals surface area (Å²) in [5, 5.41) is 18.5. The van der Waals surface area contributed by atoms with Crippen molar-refractivity contribution in [2.75, 3.05) is 0 Å². The van der Waals surface area contributed by atoms with Gasteiger partial charge in [0.15, 0.2) is 0 Å². The molecule has 0 heterocycles. The van der Waals surface area contributed by atoms with Crippen LogP contribution in [0.5, 0.6) is 0 Å². The Morgan fingerprint density at radius 2 is 1.78 bits per heavy atom. The number of aliphatic hydroxyl groups is 1. The molecule has 0 radical (unpaired) electrons. The number of amidine groups is 1. The lowest BCUT2D eigenvalue weighted by Crippen LogP contribution is -2.32. The number of nitrogens with two attached hydrogens (primary N) is 1. The third-order valence-electron chi connectivity index (χ3n) is 2.07. The standard InChI is InChI=1S/C13H19N3O2.C4H10O/c1-13(2,3)18-12(17)16-8-9-5-4-6-10(7-9)11(14)15;1-4(2,3)5/h4-7H,8H2,1-3H3,(H3,14,15)(H,16,17);5H,1-3H3. The molecule has 0 atom stereocenters. The maximum absolute atomic E-state index is 11.5. The quantitative estimate of drug-likeness (QED) is 0.506. The number of nitrogens with one attached hydrogen (secondary N) is 2. The molecule has 23 heavy (non-hydrogen) atoms. The summed E-state index contributed by atoms with van der Waals surface area (Å²) >= 11 is 0. The zero-order valence-corrected chi connectivity index (χ0v) is 14.9. The average molecular weight is 323 g/mol. The summed E-state index contributed by atoms with van der Waals surface area (Å²) in [5.74, 6) is 0.00844. The van der Waals surface area contributed by atoms with Crippen LogP contribution in [-0.2, 0) is 11.3 Å². The number of carbonyl (C=O) groups excluding carboxylic acids is 1. The first-order valence-corrected chi connectivity index (χ1v) is 7.40. The number of amides is 1. The predicted molar refractivity (Wildman–Crippen MR) is 92.5 cm³/mol. The summed E-state index contributed by atoms with van der Waals surface area (Å²) in [6, 6.07) is 7.16. The summed E-state index contributed by atoms with van der Waals surface area (Å²) in [6.45, 7) is 11.0. The van der Waals surface area contributed by atoms with Gasteiger partial charge in [-0.2, -0.15) is 0 Å². The SMILES string of the molecule is CC(C)(C)O.CC(C)(C)OC(=O)NCc1cccc(C(=N)N)c1. The van der Waals surface area contributed by atoms with Crippen molar-refractivity contribution in [2.45, 2.75) is 59.3 Å². The van der Waals surface area contributed by atoms with Crippen LogP contribution in [0.2, 0.25) is 0 Å². The van der Waals surface area contributed by atoms with Gasteiger partial charge in [-0.05, 0) is 53.2 Å². The Balaban J connectivity index is 0.000000841. The fourth-order valence-corrected chi connectivity index (χ4v) is 1.34. The van der Waals surface area contributed by atoms with E-state index in [-0.39, 0.29) is 5.84 Å². The molecule has 0 bridgehead atoms. The topological polar surface area (TPSA) is 108 Å². The molecule has 1 amide bonds. The van der Waals surface area contributed by atoms with Gasteiger partial charge in [-0.25, -0.2) is 4.79 Å². The van der Waals surface area contributed by atoms with E-state index >= 15 is 0 Å². The van der Waals surface area contributed by atoms with Crippen molar-refractivity contribution in [3.8, 4) is 0 Å². The molecule has 0 aliphatic heterocycles. The first-order valence-electron chi connectivity index (χ1n) is 7.40. The Morgan fingerprint density at radius 1 is 1.26 bits per heavy atom. The van der Waals surface area contributed by atoms with E-state index in [9.17, 15) is 4.79 Å². The van der Waals surface area contributed by atoms with E-state index in [0.29, 0.717) is 12.1 Å². The van der Waals surface area contributed by atoms with E-state index in [2.05, 4.69) is 5.32 Å². The first-order chi connectivity index (χ1) is 10.3. The van der Waals surface area contributed by atoms with Crippen molar-refractivity contribution >= 4 is 11.9 Å². The minimum absolute atomic E-state index is 0.00844. The Morgan fingerprint density at radius 3 is 2.22 bits per heavy atom. The van der Waals surface area contributed by atoms with Gasteiger partial charge in [0.2, 0.25) is 0 Å². The minimum Gasteiger partial charge on any atom is -0.444 e. The van der Waals surface area contributed by atoms with Crippen molar-refractivity contribution in [2.24, 2.45) is 5.73 Å². The third kappa shape index (κ3) is 13.3. The molecule has 6 nitrogen and oxygen atoms in total. The molecule has 0 aliphatic rings. The maximum atomic E-state index is 11.5. The third-order valence-corrected chi connectivity index (χ3v) is 2.07. The van der Waals surface area contributed by atoms with E-state index in [4.69, 9.17) is 21.0 Å². The van der Waals surface area contributed by atoms with Gasteiger partial charge in [0.05, 0.1) is 5.60 Å². The van der Waals surface area contributed by atoms with Gasteiger partial charge in [0.1, 0.15) is 11.4 Å². The number of hydrogen-bond acceptors (Lipinski definition) is 4. The van der Waals surface area contributed by atoms with E-state index < -0.39 is 17.3 Å².